The lowest BCUT2D eigenvalue weighted by atomic mass is 9.90. The molecule has 1 fully saturated rings. The van der Waals surface area contributed by atoms with Crippen molar-refractivity contribution < 1.29 is 9.53 Å². The minimum absolute atomic E-state index is 0.0708. The van der Waals surface area contributed by atoms with Crippen LogP contribution >= 0.6 is 0 Å². The number of carbonyl (C=O) groups is 1. The number of piperidine rings is 1. The summed E-state index contributed by atoms with van der Waals surface area (Å²) in [7, 11) is 0. The van der Waals surface area contributed by atoms with Gasteiger partial charge in [-0.1, -0.05) is 0 Å². The summed E-state index contributed by atoms with van der Waals surface area (Å²) in [5, 5.41) is 20.7. The van der Waals surface area contributed by atoms with E-state index in [1.54, 1.807) is 0 Å². The van der Waals surface area contributed by atoms with Crippen molar-refractivity contribution >= 4 is 6.09 Å². The number of rotatable bonds is 6. The number of ether oxygens (including phenoxy) is 1. The molecule has 24 heavy (non-hydrogen) atoms. The molecule has 6 heteroatoms. The van der Waals surface area contributed by atoms with Crippen LogP contribution in [-0.4, -0.2) is 42.3 Å². The summed E-state index contributed by atoms with van der Waals surface area (Å²) in [5.74, 6) is 0.354. The van der Waals surface area contributed by atoms with Gasteiger partial charge in [0.25, 0.3) is 0 Å². The smallest absolute Gasteiger partial charge is 0.407 e. The third-order valence-electron chi connectivity index (χ3n) is 4.35. The van der Waals surface area contributed by atoms with Gasteiger partial charge >= 0.3 is 6.09 Å². The SMILES string of the molecule is CC(NC(=O)OC(C)(C)C)C1CCN(CC(C#N)CCC#N)CC1. The lowest BCUT2D eigenvalue weighted by Gasteiger charge is -2.36. The molecule has 1 rings (SSSR count). The van der Waals surface area contributed by atoms with E-state index in [1.807, 2.05) is 27.7 Å². The minimum atomic E-state index is -0.483. The highest BCUT2D eigenvalue weighted by atomic mass is 16.6. The van der Waals surface area contributed by atoms with Crippen molar-refractivity contribution in [3.63, 3.8) is 0 Å². The molecule has 2 unspecified atom stereocenters. The zero-order chi connectivity index (χ0) is 18.2. The van der Waals surface area contributed by atoms with Crippen molar-refractivity contribution in [2.45, 2.75) is 65.0 Å². The van der Waals surface area contributed by atoms with Gasteiger partial charge in [-0.2, -0.15) is 10.5 Å². The highest BCUT2D eigenvalue weighted by molar-refractivity contribution is 5.68. The summed E-state index contributed by atoms with van der Waals surface area (Å²) < 4.78 is 5.30. The molecule has 1 aliphatic heterocycles. The van der Waals surface area contributed by atoms with Gasteiger partial charge in [0, 0.05) is 19.0 Å². The first-order valence-electron chi connectivity index (χ1n) is 8.73. The molecular weight excluding hydrogens is 304 g/mol. The molecule has 0 aromatic carbocycles. The Balaban J connectivity index is 2.35. The lowest BCUT2D eigenvalue weighted by Crippen LogP contribution is -2.46. The van der Waals surface area contributed by atoms with Gasteiger partial charge in [0.15, 0.2) is 0 Å². The van der Waals surface area contributed by atoms with E-state index in [9.17, 15) is 4.79 Å². The number of amides is 1. The van der Waals surface area contributed by atoms with Crippen LogP contribution in [0.15, 0.2) is 0 Å². The monoisotopic (exact) mass is 334 g/mol. The third-order valence-corrected chi connectivity index (χ3v) is 4.35. The van der Waals surface area contributed by atoms with E-state index in [4.69, 9.17) is 15.3 Å². The zero-order valence-electron chi connectivity index (χ0n) is 15.3. The van der Waals surface area contributed by atoms with Crippen LogP contribution < -0.4 is 5.32 Å². The Morgan fingerprint density at radius 1 is 1.33 bits per heavy atom. The second-order valence-electron chi connectivity index (χ2n) is 7.60. The summed E-state index contributed by atoms with van der Waals surface area (Å²) in [5.41, 5.74) is -0.483. The van der Waals surface area contributed by atoms with Crippen LogP contribution in [0.2, 0.25) is 0 Å². The maximum absolute atomic E-state index is 11.9. The fourth-order valence-electron chi connectivity index (χ4n) is 2.99. The van der Waals surface area contributed by atoms with Crippen molar-refractivity contribution in [2.75, 3.05) is 19.6 Å². The number of likely N-dealkylation sites (tertiary alicyclic amines) is 1. The van der Waals surface area contributed by atoms with Crippen molar-refractivity contribution in [1.29, 1.82) is 10.5 Å². The van der Waals surface area contributed by atoms with E-state index in [1.165, 1.54) is 0 Å². The molecule has 1 heterocycles. The molecule has 134 valence electrons. The summed E-state index contributed by atoms with van der Waals surface area (Å²) in [4.78, 5) is 14.1. The molecule has 0 aromatic heterocycles. The lowest BCUT2D eigenvalue weighted by molar-refractivity contribution is 0.0472. The minimum Gasteiger partial charge on any atom is -0.444 e. The van der Waals surface area contributed by atoms with Crippen LogP contribution in [0.1, 0.15) is 53.4 Å². The predicted octanol–water partition coefficient (Wildman–Crippen LogP) is 3.06. The summed E-state index contributed by atoms with van der Waals surface area (Å²) in [6, 6.07) is 4.48. The van der Waals surface area contributed by atoms with E-state index in [0.717, 1.165) is 32.5 Å². The van der Waals surface area contributed by atoms with Gasteiger partial charge in [0.05, 0.1) is 18.1 Å². The van der Waals surface area contributed by atoms with Gasteiger partial charge in [-0.25, -0.2) is 4.79 Å². The second-order valence-corrected chi connectivity index (χ2v) is 7.60. The van der Waals surface area contributed by atoms with Gasteiger partial charge in [0.1, 0.15) is 5.60 Å². The summed E-state index contributed by atoms with van der Waals surface area (Å²) in [6.45, 7) is 10.2. The molecule has 1 saturated heterocycles. The number of hydrogen-bond donors (Lipinski definition) is 1. The van der Waals surface area contributed by atoms with Crippen molar-refractivity contribution in [2.24, 2.45) is 11.8 Å². The molecule has 0 aromatic rings. The number of nitriles is 2. The van der Waals surface area contributed by atoms with Crippen LogP contribution in [0.3, 0.4) is 0 Å². The normalized spacial score (nSPS) is 18.9. The molecule has 6 nitrogen and oxygen atoms in total. The Labute approximate surface area is 145 Å². The molecule has 0 radical (unpaired) electrons. The molecule has 1 aliphatic rings. The number of alkyl carbamates (subject to hydrolysis) is 1. The Kier molecular flexibility index (Phi) is 8.01. The highest BCUT2D eigenvalue weighted by Crippen LogP contribution is 2.22. The molecule has 0 aliphatic carbocycles. The maximum Gasteiger partial charge on any atom is 0.407 e. The van der Waals surface area contributed by atoms with Crippen molar-refractivity contribution in [3.8, 4) is 12.1 Å². The number of carbonyl (C=O) groups excluding carboxylic acids is 1. The van der Waals surface area contributed by atoms with Crippen molar-refractivity contribution in [1.82, 2.24) is 10.2 Å². The van der Waals surface area contributed by atoms with Gasteiger partial charge < -0.3 is 15.0 Å². The van der Waals surface area contributed by atoms with Crippen LogP contribution in [0.4, 0.5) is 4.79 Å². The molecule has 0 saturated carbocycles. The van der Waals surface area contributed by atoms with E-state index in [0.29, 0.717) is 18.8 Å². The Morgan fingerprint density at radius 2 is 1.96 bits per heavy atom. The first-order chi connectivity index (χ1) is 11.2. The Bertz CT molecular complexity index is 479. The maximum atomic E-state index is 11.9. The van der Waals surface area contributed by atoms with E-state index in [-0.39, 0.29) is 18.1 Å². The first kappa shape index (κ1) is 20.3. The van der Waals surface area contributed by atoms with Crippen LogP contribution in [0.25, 0.3) is 0 Å². The molecular formula is C18H30N4O2. The average molecular weight is 334 g/mol. The highest BCUT2D eigenvalue weighted by Gasteiger charge is 2.27. The quantitative estimate of drug-likeness (QED) is 0.806. The van der Waals surface area contributed by atoms with E-state index in [2.05, 4.69) is 22.4 Å². The Hall–Kier alpha value is -1.79. The fraction of sp³-hybridized carbons (Fsp3) is 0.833. The van der Waals surface area contributed by atoms with Gasteiger partial charge in [-0.05, 0) is 66.0 Å². The van der Waals surface area contributed by atoms with E-state index >= 15 is 0 Å². The molecule has 1 N–H and O–H groups in total. The Morgan fingerprint density at radius 3 is 2.46 bits per heavy atom. The number of nitrogens with one attached hydrogen (secondary N) is 1. The summed E-state index contributed by atoms with van der Waals surface area (Å²) in [6.07, 6.45) is 2.70. The third kappa shape index (κ3) is 7.66. The van der Waals surface area contributed by atoms with Crippen molar-refractivity contribution in [3.05, 3.63) is 0 Å². The van der Waals surface area contributed by atoms with Gasteiger partial charge in [0.2, 0.25) is 0 Å². The fourth-order valence-corrected chi connectivity index (χ4v) is 2.99. The molecule has 0 bridgehead atoms. The zero-order valence-corrected chi connectivity index (χ0v) is 15.3. The van der Waals surface area contributed by atoms with Crippen LogP contribution in [0.5, 0.6) is 0 Å². The van der Waals surface area contributed by atoms with Gasteiger partial charge in [-0.3, -0.25) is 0 Å². The first-order valence-corrected chi connectivity index (χ1v) is 8.73. The second kappa shape index (κ2) is 9.49. The number of nitrogens with zero attached hydrogens (tertiary/aromatic N) is 3. The molecule has 2 atom stereocenters. The van der Waals surface area contributed by atoms with Crippen LogP contribution in [0, 0.1) is 34.5 Å². The molecule has 0 spiro atoms. The molecule has 1 amide bonds. The topological polar surface area (TPSA) is 89.2 Å². The number of hydrogen-bond acceptors (Lipinski definition) is 5. The largest absolute Gasteiger partial charge is 0.444 e. The standard InChI is InChI=1S/C18H30N4O2/c1-14(21-17(23)24-18(2,3)4)16-7-10-22(11-8-16)13-15(12-20)6-5-9-19/h14-16H,5-8,10-11,13H2,1-4H3,(H,21,23). The summed E-state index contributed by atoms with van der Waals surface area (Å²) >= 11 is 0. The van der Waals surface area contributed by atoms with Gasteiger partial charge in [-0.15, -0.1) is 0 Å². The van der Waals surface area contributed by atoms with Crippen LogP contribution in [-0.2, 0) is 4.74 Å². The predicted molar refractivity (Wildman–Crippen MR) is 91.9 cm³/mol. The van der Waals surface area contributed by atoms with E-state index < -0.39 is 5.60 Å². The average Bonchev–Trinajstić information content (AvgIpc) is 2.50.